The lowest BCUT2D eigenvalue weighted by Crippen LogP contribution is -2.61. The predicted octanol–water partition coefficient (Wildman–Crippen LogP) is 5.03. The molecule has 3 aliphatic heterocycles. The molecule has 1 saturated heterocycles. The number of amidine groups is 1. The van der Waals surface area contributed by atoms with Gasteiger partial charge in [0.2, 0.25) is 0 Å². The summed E-state index contributed by atoms with van der Waals surface area (Å²) in [5.41, 5.74) is 0.486. The molecular weight excluding hydrogens is 537 g/mol. The second-order valence-corrected chi connectivity index (χ2v) is 11.6. The van der Waals surface area contributed by atoms with Crippen molar-refractivity contribution in [2.45, 2.75) is 70.7 Å². The molecular formula is C26H30ClF3N6O3. The molecule has 4 heterocycles. The summed E-state index contributed by atoms with van der Waals surface area (Å²) < 4.78 is 48.5. The first-order valence-corrected chi connectivity index (χ1v) is 13.1. The van der Waals surface area contributed by atoms with Gasteiger partial charge in [-0.25, -0.2) is 22.8 Å². The third-order valence-electron chi connectivity index (χ3n) is 7.08. The zero-order valence-corrected chi connectivity index (χ0v) is 23.0. The average molecular weight is 567 g/mol. The number of piperazine rings is 1. The van der Waals surface area contributed by atoms with Crippen LogP contribution >= 0.6 is 11.6 Å². The molecule has 0 spiro atoms. The van der Waals surface area contributed by atoms with Crippen molar-refractivity contribution >= 4 is 35.2 Å². The van der Waals surface area contributed by atoms with E-state index in [9.17, 15) is 22.8 Å². The van der Waals surface area contributed by atoms with Crippen molar-refractivity contribution < 1.29 is 27.5 Å². The second kappa shape index (κ2) is 9.42. The van der Waals surface area contributed by atoms with E-state index in [1.807, 2.05) is 11.8 Å². The number of fused-ring (bicyclic) bond motifs is 1. The lowest BCUT2D eigenvalue weighted by atomic mass is 10.00. The fourth-order valence-electron chi connectivity index (χ4n) is 5.12. The van der Waals surface area contributed by atoms with E-state index in [1.165, 1.54) is 17.2 Å². The largest absolute Gasteiger partial charge is 0.444 e. The van der Waals surface area contributed by atoms with Gasteiger partial charge in [-0.1, -0.05) is 11.6 Å². The number of amides is 3. The molecule has 2 unspecified atom stereocenters. The summed E-state index contributed by atoms with van der Waals surface area (Å²) in [5.74, 6) is -4.58. The van der Waals surface area contributed by atoms with E-state index in [0.29, 0.717) is 30.8 Å². The van der Waals surface area contributed by atoms with Gasteiger partial charge in [0.15, 0.2) is 5.83 Å². The van der Waals surface area contributed by atoms with Crippen molar-refractivity contribution in [3.8, 4) is 0 Å². The van der Waals surface area contributed by atoms with Gasteiger partial charge in [0, 0.05) is 43.9 Å². The zero-order chi connectivity index (χ0) is 28.4. The van der Waals surface area contributed by atoms with Crippen LogP contribution in [0.2, 0.25) is 0 Å². The summed E-state index contributed by atoms with van der Waals surface area (Å²) in [4.78, 5) is 39.4. The molecule has 1 saturated carbocycles. The van der Waals surface area contributed by atoms with Gasteiger partial charge >= 0.3 is 12.1 Å². The zero-order valence-electron chi connectivity index (χ0n) is 22.3. The number of halogens is 4. The number of aryl methyl sites for hydroxylation is 1. The number of anilines is 1. The number of rotatable bonds is 2. The van der Waals surface area contributed by atoms with Crippen LogP contribution in [0.3, 0.4) is 0 Å². The number of aliphatic imine (C=N–C) groups is 1. The van der Waals surface area contributed by atoms with Gasteiger partial charge in [0.05, 0.1) is 17.3 Å². The van der Waals surface area contributed by atoms with Crippen LogP contribution in [-0.4, -0.2) is 76.1 Å². The minimum absolute atomic E-state index is 0.0821. The Labute approximate surface area is 229 Å². The third-order valence-corrected chi connectivity index (χ3v) is 7.37. The Kier molecular flexibility index (Phi) is 6.60. The van der Waals surface area contributed by atoms with E-state index in [-0.39, 0.29) is 34.8 Å². The molecule has 0 radical (unpaired) electrons. The number of alkyl halides is 2. The molecule has 1 N–H and O–H groups in total. The standard InChI is InChI=1S/C26H30ClF3N6O3/c1-13-6-7-31-18(16-11-26(16,29)30)19(13)36-22-15(10-17(28)20(27)32-22)21(33-23(36)37)35-9-8-34(12-14(35)2)24(38)39-25(3,4)5/h6-7,10,14,16,22,32H,8-9,11-12H2,1-5H3/t14-,16?,22?/m0/s1. The van der Waals surface area contributed by atoms with Crippen molar-refractivity contribution in [2.75, 3.05) is 24.5 Å². The van der Waals surface area contributed by atoms with Crippen LogP contribution in [0.1, 0.15) is 51.3 Å². The summed E-state index contributed by atoms with van der Waals surface area (Å²) >= 11 is 6.12. The normalized spacial score (nSPS) is 26.5. The summed E-state index contributed by atoms with van der Waals surface area (Å²) in [5, 5.41) is 2.50. The van der Waals surface area contributed by atoms with Crippen LogP contribution < -0.4 is 10.2 Å². The maximum atomic E-state index is 14.8. The molecule has 2 fully saturated rings. The molecule has 13 heteroatoms. The van der Waals surface area contributed by atoms with E-state index < -0.39 is 41.6 Å². The summed E-state index contributed by atoms with van der Waals surface area (Å²) in [6.07, 6.45) is 0.793. The Hall–Kier alpha value is -3.28. The number of dihydropyridines is 1. The van der Waals surface area contributed by atoms with E-state index >= 15 is 0 Å². The Morgan fingerprint density at radius 1 is 1.28 bits per heavy atom. The maximum Gasteiger partial charge on any atom is 0.410 e. The number of pyridine rings is 1. The van der Waals surface area contributed by atoms with Crippen molar-refractivity contribution in [1.29, 1.82) is 0 Å². The minimum atomic E-state index is -2.92. The third kappa shape index (κ3) is 5.06. The fraction of sp³-hybridized carbons (Fsp3) is 0.538. The summed E-state index contributed by atoms with van der Waals surface area (Å²) in [6.45, 7) is 9.80. The highest BCUT2D eigenvalue weighted by Crippen LogP contribution is 2.57. The summed E-state index contributed by atoms with van der Waals surface area (Å²) in [7, 11) is 0. The lowest BCUT2D eigenvalue weighted by molar-refractivity contribution is 0.0133. The van der Waals surface area contributed by atoms with Crippen LogP contribution in [-0.2, 0) is 4.74 Å². The number of hydrogen-bond donors (Lipinski definition) is 1. The monoisotopic (exact) mass is 566 g/mol. The molecule has 210 valence electrons. The first-order valence-electron chi connectivity index (χ1n) is 12.7. The number of nitrogens with one attached hydrogen (secondary N) is 1. The molecule has 3 amide bonds. The molecule has 3 atom stereocenters. The van der Waals surface area contributed by atoms with Crippen molar-refractivity contribution in [1.82, 2.24) is 20.1 Å². The molecule has 0 bridgehead atoms. The number of carbonyl (C=O) groups is 2. The molecule has 5 rings (SSSR count). The molecule has 39 heavy (non-hydrogen) atoms. The number of nitrogens with zero attached hydrogens (tertiary/aromatic N) is 5. The number of hydrogen-bond acceptors (Lipinski definition) is 6. The second-order valence-electron chi connectivity index (χ2n) is 11.2. The van der Waals surface area contributed by atoms with Gasteiger partial charge in [0.1, 0.15) is 22.8 Å². The van der Waals surface area contributed by atoms with Crippen LogP contribution in [0, 0.1) is 6.92 Å². The van der Waals surface area contributed by atoms with Gasteiger partial charge in [-0.15, -0.1) is 0 Å². The van der Waals surface area contributed by atoms with Crippen LogP contribution in [0.5, 0.6) is 0 Å². The van der Waals surface area contributed by atoms with Crippen LogP contribution in [0.15, 0.2) is 39.9 Å². The number of aromatic nitrogens is 1. The Bertz CT molecular complexity index is 1320. The van der Waals surface area contributed by atoms with E-state index in [1.54, 1.807) is 38.7 Å². The first-order chi connectivity index (χ1) is 18.2. The summed E-state index contributed by atoms with van der Waals surface area (Å²) in [6, 6.07) is 0.597. The Balaban J connectivity index is 1.50. The van der Waals surface area contributed by atoms with Crippen LogP contribution in [0.25, 0.3) is 0 Å². The number of allylic oxidation sites excluding steroid dienone is 2. The first kappa shape index (κ1) is 27.3. The number of ether oxygens (including phenoxy) is 1. The highest BCUT2D eigenvalue weighted by atomic mass is 35.5. The fourth-order valence-corrected chi connectivity index (χ4v) is 5.28. The van der Waals surface area contributed by atoms with Crippen LogP contribution in [0.4, 0.5) is 28.4 Å². The van der Waals surface area contributed by atoms with Crippen molar-refractivity contribution in [2.24, 2.45) is 4.99 Å². The lowest BCUT2D eigenvalue weighted by Gasteiger charge is -2.46. The highest BCUT2D eigenvalue weighted by Gasteiger charge is 2.60. The van der Waals surface area contributed by atoms with Crippen molar-refractivity contribution in [3.63, 3.8) is 0 Å². The molecule has 1 aromatic rings. The van der Waals surface area contributed by atoms with E-state index in [0.717, 1.165) is 0 Å². The molecule has 1 aliphatic carbocycles. The molecule has 0 aromatic carbocycles. The SMILES string of the molecule is Cc1ccnc(C2CC2(F)F)c1N1C(=O)N=C(N2CCN(C(=O)OC(C)(C)C)C[C@@H]2C)C2=CC(F)=C(Cl)NC21. The van der Waals surface area contributed by atoms with Gasteiger partial charge in [0.25, 0.3) is 5.92 Å². The van der Waals surface area contributed by atoms with Crippen molar-refractivity contribution in [3.05, 3.63) is 46.2 Å². The molecule has 1 aromatic heterocycles. The van der Waals surface area contributed by atoms with Gasteiger partial charge in [-0.3, -0.25) is 9.88 Å². The quantitative estimate of drug-likeness (QED) is 0.505. The molecule has 9 nitrogen and oxygen atoms in total. The van der Waals surface area contributed by atoms with E-state index in [4.69, 9.17) is 16.3 Å². The number of carbonyl (C=O) groups excluding carboxylic acids is 2. The van der Waals surface area contributed by atoms with Gasteiger partial charge in [-0.2, -0.15) is 4.99 Å². The minimum Gasteiger partial charge on any atom is -0.444 e. The maximum absolute atomic E-state index is 14.8. The Morgan fingerprint density at radius 3 is 2.59 bits per heavy atom. The Morgan fingerprint density at radius 2 is 1.97 bits per heavy atom. The smallest absolute Gasteiger partial charge is 0.410 e. The van der Waals surface area contributed by atoms with E-state index in [2.05, 4.69) is 15.3 Å². The topological polar surface area (TPSA) is 90.4 Å². The highest BCUT2D eigenvalue weighted by molar-refractivity contribution is 6.30. The predicted molar refractivity (Wildman–Crippen MR) is 140 cm³/mol. The average Bonchev–Trinajstić information content (AvgIpc) is 3.47. The van der Waals surface area contributed by atoms with Gasteiger partial charge in [-0.05, 0) is 52.3 Å². The molecule has 4 aliphatic rings. The van der Waals surface area contributed by atoms with Gasteiger partial charge < -0.3 is 19.9 Å². The number of urea groups is 1.